The summed E-state index contributed by atoms with van der Waals surface area (Å²) in [6.45, 7) is 4.43. The Morgan fingerprint density at radius 3 is 3.12 bits per heavy atom. The van der Waals surface area contributed by atoms with Gasteiger partial charge in [-0.3, -0.25) is 9.58 Å². The van der Waals surface area contributed by atoms with Crippen molar-refractivity contribution < 1.29 is 0 Å². The first-order chi connectivity index (χ1) is 7.78. The minimum absolute atomic E-state index is 0.787. The summed E-state index contributed by atoms with van der Waals surface area (Å²) in [6.07, 6.45) is 4.64. The molecular weight excluding hydrogens is 202 g/mol. The minimum atomic E-state index is 0.787. The fourth-order valence-electron chi connectivity index (χ4n) is 2.45. The molecule has 1 aliphatic rings. The number of hydrogen-bond acceptors (Lipinski definition) is 4. The van der Waals surface area contributed by atoms with Crippen LogP contribution in [0.25, 0.3) is 0 Å². The third-order valence-corrected chi connectivity index (χ3v) is 3.13. The third-order valence-electron chi connectivity index (χ3n) is 3.13. The molecular formula is C11H21N5. The zero-order valence-electron chi connectivity index (χ0n) is 10.2. The molecule has 1 atom stereocenters. The van der Waals surface area contributed by atoms with Crippen LogP contribution in [-0.4, -0.2) is 46.6 Å². The van der Waals surface area contributed by atoms with E-state index in [0.29, 0.717) is 0 Å². The molecule has 0 bridgehead atoms. The van der Waals surface area contributed by atoms with Crippen molar-refractivity contribution in [1.82, 2.24) is 25.2 Å². The summed E-state index contributed by atoms with van der Waals surface area (Å²) < 4.78 is 1.77. The molecule has 5 nitrogen and oxygen atoms in total. The maximum atomic E-state index is 4.14. The summed E-state index contributed by atoms with van der Waals surface area (Å²) in [5, 5.41) is 11.4. The molecule has 0 amide bonds. The van der Waals surface area contributed by atoms with Crippen LogP contribution in [0.2, 0.25) is 0 Å². The molecule has 1 aromatic rings. The van der Waals surface area contributed by atoms with E-state index < -0.39 is 0 Å². The Labute approximate surface area is 96.8 Å². The molecule has 0 aliphatic carbocycles. The summed E-state index contributed by atoms with van der Waals surface area (Å²) in [4.78, 5) is 2.48. The summed E-state index contributed by atoms with van der Waals surface area (Å²) in [5.74, 6) is 0.787. The highest BCUT2D eigenvalue weighted by Gasteiger charge is 2.19. The zero-order valence-corrected chi connectivity index (χ0v) is 10.2. The first kappa shape index (κ1) is 11.5. The average Bonchev–Trinajstić information content (AvgIpc) is 2.65. The molecule has 0 spiro atoms. The Kier molecular flexibility index (Phi) is 3.90. The minimum Gasteiger partial charge on any atom is -0.319 e. The molecule has 90 valence electrons. The fraction of sp³-hybridized carbons (Fsp3) is 0.818. The molecule has 0 aromatic carbocycles. The van der Waals surface area contributed by atoms with Gasteiger partial charge in [-0.25, -0.2) is 0 Å². The van der Waals surface area contributed by atoms with Crippen molar-refractivity contribution >= 4 is 0 Å². The molecule has 2 rings (SSSR count). The van der Waals surface area contributed by atoms with Gasteiger partial charge in [0, 0.05) is 26.3 Å². The quantitative estimate of drug-likeness (QED) is 0.794. The zero-order chi connectivity index (χ0) is 11.4. The predicted molar refractivity (Wildman–Crippen MR) is 62.9 cm³/mol. The molecule has 0 saturated carbocycles. The SMILES string of the molecule is CNCC1CCCN(Cc2cn(C)nn2)C1. The second kappa shape index (κ2) is 5.41. The molecule has 1 aromatic heterocycles. The Morgan fingerprint density at radius 2 is 2.44 bits per heavy atom. The first-order valence-electron chi connectivity index (χ1n) is 6.00. The smallest absolute Gasteiger partial charge is 0.0967 e. The molecule has 1 unspecified atom stereocenters. The van der Waals surface area contributed by atoms with Gasteiger partial charge in [0.2, 0.25) is 0 Å². The highest BCUT2D eigenvalue weighted by molar-refractivity contribution is 4.92. The van der Waals surface area contributed by atoms with Crippen LogP contribution in [0, 0.1) is 5.92 Å². The lowest BCUT2D eigenvalue weighted by Gasteiger charge is -2.31. The normalized spacial score (nSPS) is 22.5. The van der Waals surface area contributed by atoms with Crippen LogP contribution in [0.5, 0.6) is 0 Å². The van der Waals surface area contributed by atoms with Gasteiger partial charge in [0.25, 0.3) is 0 Å². The van der Waals surface area contributed by atoms with Gasteiger partial charge in [0.1, 0.15) is 0 Å². The first-order valence-corrected chi connectivity index (χ1v) is 6.00. The largest absolute Gasteiger partial charge is 0.319 e. The van der Waals surface area contributed by atoms with Crippen LogP contribution in [0.15, 0.2) is 6.20 Å². The van der Waals surface area contributed by atoms with Crippen molar-refractivity contribution in [1.29, 1.82) is 0 Å². The molecule has 1 N–H and O–H groups in total. The molecule has 5 heteroatoms. The number of aromatic nitrogens is 3. The van der Waals surface area contributed by atoms with Crippen LogP contribution >= 0.6 is 0 Å². The van der Waals surface area contributed by atoms with Gasteiger partial charge in [0.15, 0.2) is 0 Å². The van der Waals surface area contributed by atoms with Gasteiger partial charge in [-0.1, -0.05) is 5.21 Å². The van der Waals surface area contributed by atoms with E-state index in [2.05, 4.69) is 20.5 Å². The van der Waals surface area contributed by atoms with Gasteiger partial charge in [0.05, 0.1) is 5.69 Å². The van der Waals surface area contributed by atoms with E-state index in [4.69, 9.17) is 0 Å². The second-order valence-electron chi connectivity index (χ2n) is 4.68. The lowest BCUT2D eigenvalue weighted by atomic mass is 9.98. The van der Waals surface area contributed by atoms with E-state index in [1.165, 1.54) is 25.9 Å². The average molecular weight is 223 g/mol. The lowest BCUT2D eigenvalue weighted by Crippen LogP contribution is -2.38. The van der Waals surface area contributed by atoms with Crippen LogP contribution in [0.4, 0.5) is 0 Å². The number of nitrogens with one attached hydrogen (secondary N) is 1. The number of piperidine rings is 1. The number of nitrogens with zero attached hydrogens (tertiary/aromatic N) is 4. The maximum absolute atomic E-state index is 4.14. The molecule has 16 heavy (non-hydrogen) atoms. The highest BCUT2D eigenvalue weighted by atomic mass is 15.4. The molecule has 1 saturated heterocycles. The number of aryl methyl sites for hydroxylation is 1. The van der Waals surface area contributed by atoms with Crippen molar-refractivity contribution in [2.45, 2.75) is 19.4 Å². The molecule has 2 heterocycles. The summed E-state index contributed by atoms with van der Waals surface area (Å²) in [5.41, 5.74) is 1.08. The van der Waals surface area contributed by atoms with E-state index >= 15 is 0 Å². The lowest BCUT2D eigenvalue weighted by molar-refractivity contribution is 0.165. The number of rotatable bonds is 4. The maximum Gasteiger partial charge on any atom is 0.0967 e. The van der Waals surface area contributed by atoms with Crippen LogP contribution in [0.1, 0.15) is 18.5 Å². The van der Waals surface area contributed by atoms with E-state index in [-0.39, 0.29) is 0 Å². The van der Waals surface area contributed by atoms with Crippen LogP contribution < -0.4 is 5.32 Å². The third kappa shape index (κ3) is 3.02. The van der Waals surface area contributed by atoms with E-state index in [1.54, 1.807) is 4.68 Å². The van der Waals surface area contributed by atoms with Gasteiger partial charge in [-0.05, 0) is 38.9 Å². The number of hydrogen-bond donors (Lipinski definition) is 1. The van der Waals surface area contributed by atoms with Gasteiger partial charge < -0.3 is 5.32 Å². The Balaban J connectivity index is 1.85. The van der Waals surface area contributed by atoms with Crippen molar-refractivity contribution in [3.8, 4) is 0 Å². The standard InChI is InChI=1S/C11H21N5/c1-12-6-10-4-3-5-16(7-10)9-11-8-15(2)14-13-11/h8,10,12H,3-7,9H2,1-2H3. The summed E-state index contributed by atoms with van der Waals surface area (Å²) in [7, 11) is 3.94. The predicted octanol–water partition coefficient (Wildman–Crippen LogP) is 0.246. The van der Waals surface area contributed by atoms with Gasteiger partial charge in [-0.15, -0.1) is 5.10 Å². The van der Waals surface area contributed by atoms with Crippen LogP contribution in [-0.2, 0) is 13.6 Å². The molecule has 1 aliphatic heterocycles. The fourth-order valence-corrected chi connectivity index (χ4v) is 2.45. The summed E-state index contributed by atoms with van der Waals surface area (Å²) in [6, 6.07) is 0. The van der Waals surface area contributed by atoms with Crippen molar-refractivity contribution in [2.24, 2.45) is 13.0 Å². The Hall–Kier alpha value is -0.940. The molecule has 1 fully saturated rings. The van der Waals surface area contributed by atoms with Crippen molar-refractivity contribution in [2.75, 3.05) is 26.7 Å². The Bertz CT molecular complexity index is 320. The van der Waals surface area contributed by atoms with Crippen molar-refractivity contribution in [3.05, 3.63) is 11.9 Å². The van der Waals surface area contributed by atoms with E-state index in [9.17, 15) is 0 Å². The second-order valence-corrected chi connectivity index (χ2v) is 4.68. The van der Waals surface area contributed by atoms with Gasteiger partial charge >= 0.3 is 0 Å². The Morgan fingerprint density at radius 1 is 1.56 bits per heavy atom. The number of likely N-dealkylation sites (tertiary alicyclic amines) is 1. The van der Waals surface area contributed by atoms with Crippen molar-refractivity contribution in [3.63, 3.8) is 0 Å². The topological polar surface area (TPSA) is 46.0 Å². The highest BCUT2D eigenvalue weighted by Crippen LogP contribution is 2.17. The van der Waals surface area contributed by atoms with E-state index in [0.717, 1.165) is 24.7 Å². The summed E-state index contributed by atoms with van der Waals surface area (Å²) >= 11 is 0. The monoisotopic (exact) mass is 223 g/mol. The van der Waals surface area contributed by atoms with E-state index in [1.807, 2.05) is 20.3 Å². The molecule has 0 radical (unpaired) electrons. The van der Waals surface area contributed by atoms with Gasteiger partial charge in [-0.2, -0.15) is 0 Å². The van der Waals surface area contributed by atoms with Crippen LogP contribution in [0.3, 0.4) is 0 Å².